The Hall–Kier alpha value is -3.45. The molecular formula is C23H24N4O3. The van der Waals surface area contributed by atoms with E-state index in [0.29, 0.717) is 16.7 Å². The number of hydrogen-bond donors (Lipinski definition) is 1. The number of methoxy groups -OCH3 is 1. The molecule has 2 aromatic heterocycles. The van der Waals surface area contributed by atoms with Gasteiger partial charge >= 0.3 is 5.97 Å². The number of fused-ring (bicyclic) bond motifs is 2. The summed E-state index contributed by atoms with van der Waals surface area (Å²) in [6, 6.07) is 13.5. The summed E-state index contributed by atoms with van der Waals surface area (Å²) in [7, 11) is 1.56. The van der Waals surface area contributed by atoms with E-state index in [9.17, 15) is 4.79 Å². The maximum absolute atomic E-state index is 13.0. The second-order valence-corrected chi connectivity index (χ2v) is 7.42. The van der Waals surface area contributed by atoms with Crippen LogP contribution in [-0.4, -0.2) is 40.3 Å². The predicted octanol–water partition coefficient (Wildman–Crippen LogP) is 3.96. The lowest BCUT2D eigenvalue weighted by Crippen LogP contribution is -2.20. The van der Waals surface area contributed by atoms with Crippen LogP contribution in [0.4, 0.5) is 5.82 Å². The monoisotopic (exact) mass is 404 g/mol. The number of rotatable bonds is 5. The van der Waals surface area contributed by atoms with E-state index < -0.39 is 12.1 Å². The number of aryl methyl sites for hydroxylation is 2. The maximum Gasteiger partial charge on any atom is 0.344 e. The molecule has 2 heterocycles. The predicted molar refractivity (Wildman–Crippen MR) is 117 cm³/mol. The molecule has 0 fully saturated rings. The summed E-state index contributed by atoms with van der Waals surface area (Å²) in [5, 5.41) is 0. The smallest absolute Gasteiger partial charge is 0.344 e. The molecule has 0 aliphatic carbocycles. The molecule has 7 heteroatoms. The molecule has 7 nitrogen and oxygen atoms in total. The molecule has 154 valence electrons. The minimum atomic E-state index is -0.547. The fourth-order valence-corrected chi connectivity index (χ4v) is 3.50. The van der Waals surface area contributed by atoms with Gasteiger partial charge in [0, 0.05) is 12.8 Å². The summed E-state index contributed by atoms with van der Waals surface area (Å²) in [6.07, 6.45) is -0.421. The van der Waals surface area contributed by atoms with Crippen LogP contribution in [0.25, 0.3) is 27.9 Å². The normalized spacial score (nSPS) is 12.4. The number of aromatic nitrogens is 3. The van der Waals surface area contributed by atoms with Crippen molar-refractivity contribution < 1.29 is 14.3 Å². The Labute approximate surface area is 174 Å². The molecule has 0 unspecified atom stereocenters. The molecule has 0 saturated heterocycles. The molecule has 0 aliphatic rings. The number of ether oxygens (including phenoxy) is 2. The fraction of sp³-hybridized carbons (Fsp3) is 0.261. The van der Waals surface area contributed by atoms with Gasteiger partial charge in [0.15, 0.2) is 5.65 Å². The van der Waals surface area contributed by atoms with Crippen molar-refractivity contribution in [3.8, 4) is 5.69 Å². The molecule has 30 heavy (non-hydrogen) atoms. The van der Waals surface area contributed by atoms with Crippen molar-refractivity contribution in [2.45, 2.75) is 26.9 Å². The number of anilines is 1. The zero-order valence-corrected chi connectivity index (χ0v) is 17.5. The summed E-state index contributed by atoms with van der Waals surface area (Å²) >= 11 is 0. The molecule has 2 N–H and O–H groups in total. The van der Waals surface area contributed by atoms with Crippen LogP contribution in [0.3, 0.4) is 0 Å². The summed E-state index contributed by atoms with van der Waals surface area (Å²) in [4.78, 5) is 22.5. The number of esters is 1. The molecule has 0 saturated carbocycles. The topological polar surface area (TPSA) is 92.3 Å². The van der Waals surface area contributed by atoms with Gasteiger partial charge in [-0.15, -0.1) is 0 Å². The van der Waals surface area contributed by atoms with Crippen molar-refractivity contribution in [2.75, 3.05) is 19.5 Å². The second kappa shape index (κ2) is 7.76. The number of hydrogen-bond acceptors (Lipinski definition) is 6. The van der Waals surface area contributed by atoms with Crippen LogP contribution in [-0.2, 0) is 9.47 Å². The summed E-state index contributed by atoms with van der Waals surface area (Å²) in [6.45, 7) is 6.13. The van der Waals surface area contributed by atoms with Crippen molar-refractivity contribution in [3.05, 3.63) is 59.2 Å². The van der Waals surface area contributed by atoms with Crippen LogP contribution >= 0.6 is 0 Å². The van der Waals surface area contributed by atoms with E-state index in [0.717, 1.165) is 16.8 Å². The minimum absolute atomic E-state index is 0.212. The summed E-state index contributed by atoms with van der Waals surface area (Å²) in [5.41, 5.74) is 12.1. The average Bonchev–Trinajstić information content (AvgIpc) is 2.99. The Bertz CT molecular complexity index is 1260. The van der Waals surface area contributed by atoms with Gasteiger partial charge in [-0.25, -0.2) is 14.8 Å². The number of carbonyl (C=O) groups excluding carboxylic acids is 1. The highest BCUT2D eigenvalue weighted by Crippen LogP contribution is 2.32. The van der Waals surface area contributed by atoms with E-state index in [1.54, 1.807) is 18.6 Å². The van der Waals surface area contributed by atoms with Crippen molar-refractivity contribution in [1.29, 1.82) is 0 Å². The Morgan fingerprint density at radius 1 is 1.10 bits per heavy atom. The first-order valence-electron chi connectivity index (χ1n) is 9.75. The van der Waals surface area contributed by atoms with Gasteiger partial charge < -0.3 is 15.2 Å². The number of nitrogens with zero attached hydrogens (tertiary/aromatic N) is 3. The minimum Gasteiger partial charge on any atom is -0.456 e. The van der Waals surface area contributed by atoms with Gasteiger partial charge in [0.05, 0.1) is 17.6 Å². The highest BCUT2D eigenvalue weighted by molar-refractivity contribution is 6.09. The van der Waals surface area contributed by atoms with Crippen molar-refractivity contribution >= 4 is 34.0 Å². The third-order valence-electron chi connectivity index (χ3n) is 5.16. The Kier molecular flexibility index (Phi) is 5.13. The van der Waals surface area contributed by atoms with Gasteiger partial charge in [-0.3, -0.25) is 4.57 Å². The van der Waals surface area contributed by atoms with Crippen LogP contribution in [0.5, 0.6) is 0 Å². The molecule has 0 aliphatic heterocycles. The molecule has 0 radical (unpaired) electrons. The lowest BCUT2D eigenvalue weighted by Gasteiger charge is -2.12. The zero-order chi connectivity index (χ0) is 21.4. The summed E-state index contributed by atoms with van der Waals surface area (Å²) < 4.78 is 12.4. The van der Waals surface area contributed by atoms with E-state index in [2.05, 4.69) is 0 Å². The Balaban J connectivity index is 1.98. The molecule has 1 atom stereocenters. The first-order valence-corrected chi connectivity index (χ1v) is 9.75. The standard InChI is InChI=1S/C23H24N4O3/c1-13-9-10-16(11-14(13)2)27-21(24)19(23(28)30-15(3)12-29-4)20-22(27)26-18-8-6-5-7-17(18)25-20/h5-11,15H,12,24H2,1-4H3/t15-/m0/s1. The van der Waals surface area contributed by atoms with Gasteiger partial charge in [-0.2, -0.15) is 0 Å². The molecular weight excluding hydrogens is 380 g/mol. The van der Waals surface area contributed by atoms with Crippen molar-refractivity contribution in [1.82, 2.24) is 14.5 Å². The van der Waals surface area contributed by atoms with Crippen LogP contribution < -0.4 is 5.73 Å². The number of para-hydroxylation sites is 2. The Morgan fingerprint density at radius 3 is 2.47 bits per heavy atom. The van der Waals surface area contributed by atoms with Gasteiger partial charge in [0.1, 0.15) is 23.0 Å². The van der Waals surface area contributed by atoms with Crippen LogP contribution in [0.1, 0.15) is 28.4 Å². The maximum atomic E-state index is 13.0. The van der Waals surface area contributed by atoms with Gasteiger partial charge in [0.25, 0.3) is 0 Å². The van der Waals surface area contributed by atoms with Crippen molar-refractivity contribution in [3.63, 3.8) is 0 Å². The molecule has 0 amide bonds. The van der Waals surface area contributed by atoms with Gasteiger partial charge in [-0.1, -0.05) is 18.2 Å². The fourth-order valence-electron chi connectivity index (χ4n) is 3.50. The number of nitrogen functional groups attached to an aromatic ring is 1. The van der Waals surface area contributed by atoms with E-state index >= 15 is 0 Å². The van der Waals surface area contributed by atoms with E-state index in [1.807, 2.05) is 56.3 Å². The zero-order valence-electron chi connectivity index (χ0n) is 17.5. The van der Waals surface area contributed by atoms with Gasteiger partial charge in [-0.05, 0) is 56.2 Å². The van der Waals surface area contributed by atoms with E-state index in [1.165, 1.54) is 5.56 Å². The molecule has 0 bridgehead atoms. The number of carbonyl (C=O) groups is 1. The third kappa shape index (κ3) is 3.37. The lowest BCUT2D eigenvalue weighted by molar-refractivity contribution is 0.0123. The quantitative estimate of drug-likeness (QED) is 0.506. The van der Waals surface area contributed by atoms with Crippen LogP contribution in [0, 0.1) is 13.8 Å². The van der Waals surface area contributed by atoms with Crippen molar-refractivity contribution in [2.24, 2.45) is 0 Å². The van der Waals surface area contributed by atoms with E-state index in [4.69, 9.17) is 25.2 Å². The molecule has 4 aromatic rings. The lowest BCUT2D eigenvalue weighted by atomic mass is 10.1. The Morgan fingerprint density at radius 2 is 1.80 bits per heavy atom. The average molecular weight is 404 g/mol. The highest BCUT2D eigenvalue weighted by Gasteiger charge is 2.27. The third-order valence-corrected chi connectivity index (χ3v) is 5.16. The van der Waals surface area contributed by atoms with Crippen LogP contribution in [0.15, 0.2) is 42.5 Å². The molecule has 2 aromatic carbocycles. The second-order valence-electron chi connectivity index (χ2n) is 7.42. The number of nitrogens with two attached hydrogens (primary N) is 1. The van der Waals surface area contributed by atoms with Crippen LogP contribution in [0.2, 0.25) is 0 Å². The van der Waals surface area contributed by atoms with Gasteiger partial charge in [0.2, 0.25) is 0 Å². The first kappa shape index (κ1) is 19.8. The molecule has 0 spiro atoms. The number of benzene rings is 2. The molecule has 4 rings (SSSR count). The largest absolute Gasteiger partial charge is 0.456 e. The highest BCUT2D eigenvalue weighted by atomic mass is 16.6. The van der Waals surface area contributed by atoms with E-state index in [-0.39, 0.29) is 18.0 Å². The summed E-state index contributed by atoms with van der Waals surface area (Å²) in [5.74, 6) is -0.299. The first-order chi connectivity index (χ1) is 14.4. The SMILES string of the molecule is COC[C@H](C)OC(=O)c1c(N)n(-c2ccc(C)c(C)c2)c2nc3ccccc3nc12.